The van der Waals surface area contributed by atoms with Crippen molar-refractivity contribution < 1.29 is 4.79 Å². The van der Waals surface area contributed by atoms with E-state index in [1.54, 1.807) is 6.20 Å². The molecule has 2 aliphatic heterocycles. The van der Waals surface area contributed by atoms with E-state index in [0.29, 0.717) is 0 Å². The van der Waals surface area contributed by atoms with Crippen LogP contribution in [0.15, 0.2) is 49.2 Å². The molecule has 1 amide bonds. The van der Waals surface area contributed by atoms with Crippen molar-refractivity contribution in [3.05, 3.63) is 54.7 Å². The number of piperidine rings is 1. The molecule has 130 valence electrons. The number of hydrogen-bond donors (Lipinski definition) is 0. The van der Waals surface area contributed by atoms with E-state index in [9.17, 15) is 4.79 Å². The summed E-state index contributed by atoms with van der Waals surface area (Å²) in [7, 11) is 0. The summed E-state index contributed by atoms with van der Waals surface area (Å²) >= 11 is 0. The second-order valence-corrected chi connectivity index (χ2v) is 7.27. The fourth-order valence-electron chi connectivity index (χ4n) is 4.63. The van der Waals surface area contributed by atoms with E-state index >= 15 is 0 Å². The Bertz CT molecular complexity index is 797. The van der Waals surface area contributed by atoms with Crippen molar-refractivity contribution in [2.45, 2.75) is 31.2 Å². The minimum atomic E-state index is 0.119. The van der Waals surface area contributed by atoms with Gasteiger partial charge < -0.3 is 4.90 Å². The first kappa shape index (κ1) is 16.3. The summed E-state index contributed by atoms with van der Waals surface area (Å²) in [5.41, 5.74) is 1.67. The Hall–Kier alpha value is -2.20. The van der Waals surface area contributed by atoms with Crippen LogP contribution in [0.5, 0.6) is 0 Å². The predicted octanol–water partition coefficient (Wildman–Crippen LogP) is 3.49. The molecule has 1 aromatic carbocycles. The first-order valence-corrected chi connectivity index (χ1v) is 9.22. The lowest BCUT2D eigenvalue weighted by atomic mass is 9.86. The smallest absolute Gasteiger partial charge is 0.256 e. The Labute approximate surface area is 149 Å². The third kappa shape index (κ3) is 2.85. The van der Waals surface area contributed by atoms with Crippen molar-refractivity contribution in [2.24, 2.45) is 0 Å². The zero-order chi connectivity index (χ0) is 17.3. The summed E-state index contributed by atoms with van der Waals surface area (Å²) in [6.45, 7) is 7.60. The average Bonchev–Trinajstić information content (AvgIpc) is 3.02. The van der Waals surface area contributed by atoms with Crippen LogP contribution in [-0.2, 0) is 0 Å². The van der Waals surface area contributed by atoms with Crippen LogP contribution in [0.25, 0.3) is 10.9 Å². The van der Waals surface area contributed by atoms with Crippen LogP contribution in [0.2, 0.25) is 0 Å². The largest absolute Gasteiger partial charge is 0.337 e. The third-order valence-corrected chi connectivity index (χ3v) is 5.80. The molecule has 3 heterocycles. The van der Waals surface area contributed by atoms with E-state index in [1.807, 2.05) is 41.3 Å². The summed E-state index contributed by atoms with van der Waals surface area (Å²) in [6.07, 6.45) is 8.39. The molecule has 0 radical (unpaired) electrons. The van der Waals surface area contributed by atoms with Gasteiger partial charge in [0.25, 0.3) is 5.91 Å². The summed E-state index contributed by atoms with van der Waals surface area (Å²) in [4.78, 5) is 22.3. The molecule has 0 bridgehead atoms. The van der Waals surface area contributed by atoms with Gasteiger partial charge in [0.05, 0.1) is 11.1 Å². The van der Waals surface area contributed by atoms with Crippen LogP contribution >= 0.6 is 0 Å². The first-order chi connectivity index (χ1) is 12.2. The van der Waals surface area contributed by atoms with Gasteiger partial charge in [-0.1, -0.05) is 24.3 Å². The third-order valence-electron chi connectivity index (χ3n) is 5.80. The van der Waals surface area contributed by atoms with E-state index in [0.717, 1.165) is 49.1 Å². The van der Waals surface area contributed by atoms with Crippen LogP contribution in [0.4, 0.5) is 0 Å². The van der Waals surface area contributed by atoms with E-state index in [2.05, 4.69) is 16.5 Å². The number of pyridine rings is 1. The van der Waals surface area contributed by atoms with Gasteiger partial charge in [-0.2, -0.15) is 0 Å². The van der Waals surface area contributed by atoms with Crippen molar-refractivity contribution in [1.29, 1.82) is 0 Å². The van der Waals surface area contributed by atoms with Gasteiger partial charge >= 0.3 is 0 Å². The molecule has 25 heavy (non-hydrogen) atoms. The Morgan fingerprint density at radius 2 is 2.00 bits per heavy atom. The molecule has 4 heteroatoms. The van der Waals surface area contributed by atoms with Gasteiger partial charge in [0, 0.05) is 36.8 Å². The lowest BCUT2D eigenvalue weighted by molar-refractivity contribution is 0.0368. The van der Waals surface area contributed by atoms with Gasteiger partial charge in [-0.25, -0.2) is 0 Å². The molecule has 2 aliphatic rings. The number of para-hydroxylation sites is 1. The monoisotopic (exact) mass is 335 g/mol. The van der Waals surface area contributed by atoms with Gasteiger partial charge in [-0.05, 0) is 44.4 Å². The molecular formula is C21H25N3O. The molecule has 0 unspecified atom stereocenters. The molecule has 4 nitrogen and oxygen atoms in total. The number of carbonyl (C=O) groups excluding carboxylic acids is 1. The molecule has 0 N–H and O–H groups in total. The highest BCUT2D eigenvalue weighted by atomic mass is 16.2. The highest BCUT2D eigenvalue weighted by molar-refractivity contribution is 6.05. The molecule has 1 spiro atoms. The van der Waals surface area contributed by atoms with E-state index in [4.69, 9.17) is 0 Å². The summed E-state index contributed by atoms with van der Waals surface area (Å²) in [6, 6.07) is 9.81. The Balaban J connectivity index is 1.63. The Kier molecular flexibility index (Phi) is 4.30. The molecule has 1 atom stereocenters. The number of benzene rings is 1. The van der Waals surface area contributed by atoms with E-state index < -0.39 is 0 Å². The maximum atomic E-state index is 13.3. The molecule has 2 aromatic rings. The van der Waals surface area contributed by atoms with Crippen LogP contribution in [0, 0.1) is 0 Å². The fourth-order valence-corrected chi connectivity index (χ4v) is 4.63. The second-order valence-electron chi connectivity index (χ2n) is 7.27. The van der Waals surface area contributed by atoms with Crippen LogP contribution in [0.1, 0.15) is 36.0 Å². The summed E-state index contributed by atoms with van der Waals surface area (Å²) in [5.74, 6) is 0.119. The number of rotatable bonds is 3. The minimum absolute atomic E-state index is 0.119. The van der Waals surface area contributed by atoms with Crippen LogP contribution in [-0.4, -0.2) is 52.4 Å². The molecule has 2 fully saturated rings. The first-order valence-electron chi connectivity index (χ1n) is 9.22. The number of likely N-dealkylation sites (tertiary alicyclic amines) is 2. The van der Waals surface area contributed by atoms with Gasteiger partial charge in [0.2, 0.25) is 0 Å². The second kappa shape index (κ2) is 6.60. The van der Waals surface area contributed by atoms with Crippen molar-refractivity contribution in [1.82, 2.24) is 14.8 Å². The lowest BCUT2D eigenvalue weighted by Gasteiger charge is -2.46. The normalized spacial score (nSPS) is 24.1. The number of nitrogens with zero attached hydrogens (tertiary/aromatic N) is 3. The standard InChI is InChI=1S/C21H25N3O/c1-2-13-24-15-6-11-21(24)10-5-14-23(16-21)20(25)18-9-3-7-17-8-4-12-22-19(17)18/h2-4,7-9,12H,1,5-6,10-11,13-16H2/t21-/m0/s1. The maximum absolute atomic E-state index is 13.3. The van der Waals surface area contributed by atoms with Crippen molar-refractivity contribution >= 4 is 16.8 Å². The number of amides is 1. The highest BCUT2D eigenvalue weighted by Gasteiger charge is 2.44. The van der Waals surface area contributed by atoms with Gasteiger partial charge in [0.1, 0.15) is 0 Å². The molecule has 4 rings (SSSR count). The number of aromatic nitrogens is 1. The Morgan fingerprint density at radius 1 is 1.20 bits per heavy atom. The highest BCUT2D eigenvalue weighted by Crippen LogP contribution is 2.37. The van der Waals surface area contributed by atoms with Gasteiger partial charge in [-0.3, -0.25) is 14.7 Å². The Morgan fingerprint density at radius 3 is 2.84 bits per heavy atom. The van der Waals surface area contributed by atoms with Crippen molar-refractivity contribution in [3.8, 4) is 0 Å². The van der Waals surface area contributed by atoms with Crippen LogP contribution < -0.4 is 0 Å². The zero-order valence-corrected chi connectivity index (χ0v) is 14.7. The van der Waals surface area contributed by atoms with Gasteiger partial charge in [-0.15, -0.1) is 6.58 Å². The minimum Gasteiger partial charge on any atom is -0.337 e. The maximum Gasteiger partial charge on any atom is 0.256 e. The van der Waals surface area contributed by atoms with Crippen molar-refractivity contribution in [3.63, 3.8) is 0 Å². The average molecular weight is 335 g/mol. The quantitative estimate of drug-likeness (QED) is 0.806. The molecule has 0 aliphatic carbocycles. The number of fused-ring (bicyclic) bond motifs is 1. The topological polar surface area (TPSA) is 36.4 Å². The summed E-state index contributed by atoms with van der Waals surface area (Å²) in [5, 5.41) is 1.02. The van der Waals surface area contributed by atoms with Gasteiger partial charge in [0.15, 0.2) is 0 Å². The SMILES string of the molecule is C=CCN1CCC[C@]12CCCN(C(=O)c1cccc3cccnc13)C2. The molecule has 2 saturated heterocycles. The van der Waals surface area contributed by atoms with E-state index in [1.165, 1.54) is 19.3 Å². The lowest BCUT2D eigenvalue weighted by Crippen LogP contribution is -2.56. The zero-order valence-electron chi connectivity index (χ0n) is 14.7. The fraction of sp³-hybridized carbons (Fsp3) is 0.429. The number of carbonyl (C=O) groups is 1. The molecule has 1 aromatic heterocycles. The van der Waals surface area contributed by atoms with E-state index in [-0.39, 0.29) is 11.4 Å². The number of hydrogen-bond acceptors (Lipinski definition) is 3. The molecule has 0 saturated carbocycles. The predicted molar refractivity (Wildman–Crippen MR) is 101 cm³/mol. The van der Waals surface area contributed by atoms with Crippen molar-refractivity contribution in [2.75, 3.05) is 26.2 Å². The molecular weight excluding hydrogens is 310 g/mol. The summed E-state index contributed by atoms with van der Waals surface area (Å²) < 4.78 is 0. The van der Waals surface area contributed by atoms with Crippen LogP contribution in [0.3, 0.4) is 0 Å².